The molecule has 1 amide bonds. The van der Waals surface area contributed by atoms with Crippen LogP contribution in [0.25, 0.3) is 22.2 Å². The number of anilines is 1. The zero-order valence-corrected chi connectivity index (χ0v) is 18.3. The molecule has 172 valence electrons. The lowest BCUT2D eigenvalue weighted by atomic mass is 10.1. The molecule has 0 aliphatic carbocycles. The molecule has 34 heavy (non-hydrogen) atoms. The number of ether oxygens (including phenoxy) is 1. The Labute approximate surface area is 194 Å². The lowest BCUT2D eigenvalue weighted by molar-refractivity contribution is -0.127. The fourth-order valence-electron chi connectivity index (χ4n) is 4.27. The van der Waals surface area contributed by atoms with Crippen molar-refractivity contribution in [1.29, 1.82) is 0 Å². The molecule has 1 aliphatic heterocycles. The first kappa shape index (κ1) is 21.4. The third kappa shape index (κ3) is 3.90. The van der Waals surface area contributed by atoms with E-state index in [0.717, 1.165) is 18.4 Å². The molecule has 1 saturated heterocycles. The van der Waals surface area contributed by atoms with Gasteiger partial charge in [-0.15, -0.1) is 0 Å². The first-order chi connectivity index (χ1) is 16.5. The summed E-state index contributed by atoms with van der Waals surface area (Å²) in [4.78, 5) is 30.9. The maximum Gasteiger partial charge on any atom is 0.290 e. The SMILES string of the molecule is C=CC(=O)N1CCC[C@@H](n2nc(-c3ccc(Oc4ccccn4)cc3)c3c(N)n[nH]c(=O)c32)C1. The monoisotopic (exact) mass is 457 g/mol. The van der Waals surface area contributed by atoms with Crippen LogP contribution in [-0.4, -0.2) is 48.9 Å². The molecule has 1 aliphatic rings. The number of nitrogens with zero attached hydrogens (tertiary/aromatic N) is 5. The van der Waals surface area contributed by atoms with Crippen LogP contribution in [0.2, 0.25) is 0 Å². The summed E-state index contributed by atoms with van der Waals surface area (Å²) in [5.41, 5.74) is 7.45. The lowest BCUT2D eigenvalue weighted by Crippen LogP contribution is -2.40. The number of aromatic nitrogens is 5. The highest BCUT2D eigenvalue weighted by Gasteiger charge is 2.28. The number of likely N-dealkylation sites (tertiary alicyclic amines) is 1. The number of nitrogens with two attached hydrogens (primary N) is 1. The Balaban J connectivity index is 1.55. The van der Waals surface area contributed by atoms with Crippen molar-refractivity contribution in [2.24, 2.45) is 0 Å². The Morgan fingerprint density at radius 2 is 2.06 bits per heavy atom. The molecule has 3 N–H and O–H groups in total. The van der Waals surface area contributed by atoms with Gasteiger partial charge in [0.25, 0.3) is 5.56 Å². The van der Waals surface area contributed by atoms with E-state index in [1.165, 1.54) is 6.08 Å². The van der Waals surface area contributed by atoms with Gasteiger partial charge in [-0.1, -0.05) is 12.6 Å². The van der Waals surface area contributed by atoms with Crippen molar-refractivity contribution in [2.45, 2.75) is 18.9 Å². The van der Waals surface area contributed by atoms with Crippen LogP contribution < -0.4 is 16.0 Å². The number of nitrogens with one attached hydrogen (secondary N) is 1. The standard InChI is InChI=1S/C24H23N7O3/c1-2-19(32)30-13-5-6-16(14-30)31-22-20(23(25)27-28-24(22)33)21(29-31)15-8-10-17(11-9-15)34-18-7-3-4-12-26-18/h2-4,7-12,16H,1,5-6,13-14H2,(H2,25,27)(H,28,33)/t16-/m1/s1. The van der Waals surface area contributed by atoms with Crippen LogP contribution in [0.15, 0.2) is 66.1 Å². The van der Waals surface area contributed by atoms with Gasteiger partial charge < -0.3 is 15.4 Å². The number of nitrogen functional groups attached to an aromatic ring is 1. The molecule has 4 heterocycles. The van der Waals surface area contributed by atoms with Crippen molar-refractivity contribution in [3.63, 3.8) is 0 Å². The average molecular weight is 457 g/mol. The maximum atomic E-state index is 12.8. The maximum absolute atomic E-state index is 12.8. The number of hydrogen-bond donors (Lipinski definition) is 2. The van der Waals surface area contributed by atoms with Gasteiger partial charge in [-0.2, -0.15) is 10.2 Å². The molecule has 4 aromatic rings. The quantitative estimate of drug-likeness (QED) is 0.440. The summed E-state index contributed by atoms with van der Waals surface area (Å²) < 4.78 is 7.45. The molecule has 5 rings (SSSR count). The van der Waals surface area contributed by atoms with E-state index in [-0.39, 0.29) is 23.3 Å². The van der Waals surface area contributed by atoms with E-state index in [1.54, 1.807) is 34.0 Å². The second-order valence-corrected chi connectivity index (χ2v) is 8.03. The average Bonchev–Trinajstić information content (AvgIpc) is 3.29. The zero-order chi connectivity index (χ0) is 23.7. The summed E-state index contributed by atoms with van der Waals surface area (Å²) >= 11 is 0. The predicted molar refractivity (Wildman–Crippen MR) is 127 cm³/mol. The summed E-state index contributed by atoms with van der Waals surface area (Å²) in [6, 6.07) is 12.6. The summed E-state index contributed by atoms with van der Waals surface area (Å²) in [6.45, 7) is 4.65. The molecule has 10 heteroatoms. The number of benzene rings is 1. The molecule has 10 nitrogen and oxygen atoms in total. The molecular weight excluding hydrogens is 434 g/mol. The van der Waals surface area contributed by atoms with E-state index >= 15 is 0 Å². The molecular formula is C24H23N7O3. The second-order valence-electron chi connectivity index (χ2n) is 8.03. The van der Waals surface area contributed by atoms with Crippen molar-refractivity contribution >= 4 is 22.6 Å². The van der Waals surface area contributed by atoms with E-state index < -0.39 is 0 Å². The highest BCUT2D eigenvalue weighted by molar-refractivity contribution is 5.99. The number of aromatic amines is 1. The van der Waals surface area contributed by atoms with Crippen LogP contribution in [0.3, 0.4) is 0 Å². The zero-order valence-electron chi connectivity index (χ0n) is 18.3. The molecule has 3 aromatic heterocycles. The number of fused-ring (bicyclic) bond motifs is 1. The highest BCUT2D eigenvalue weighted by Crippen LogP contribution is 2.34. The fraction of sp³-hybridized carbons (Fsp3) is 0.208. The van der Waals surface area contributed by atoms with Crippen LogP contribution in [0.5, 0.6) is 11.6 Å². The van der Waals surface area contributed by atoms with Gasteiger partial charge in [-0.05, 0) is 49.2 Å². The number of piperidine rings is 1. The van der Waals surface area contributed by atoms with Crippen molar-refractivity contribution in [2.75, 3.05) is 18.8 Å². The lowest BCUT2D eigenvalue weighted by Gasteiger charge is -2.32. The molecule has 0 spiro atoms. The Hall–Kier alpha value is -4.47. The molecule has 1 atom stereocenters. The summed E-state index contributed by atoms with van der Waals surface area (Å²) in [7, 11) is 0. The Morgan fingerprint density at radius 3 is 2.79 bits per heavy atom. The highest BCUT2D eigenvalue weighted by atomic mass is 16.5. The van der Waals surface area contributed by atoms with Crippen molar-refractivity contribution < 1.29 is 9.53 Å². The summed E-state index contributed by atoms with van der Waals surface area (Å²) in [5, 5.41) is 11.7. The van der Waals surface area contributed by atoms with Crippen LogP contribution in [0.4, 0.5) is 5.82 Å². The largest absolute Gasteiger partial charge is 0.439 e. The fourth-order valence-corrected chi connectivity index (χ4v) is 4.27. The predicted octanol–water partition coefficient (Wildman–Crippen LogP) is 2.91. The first-order valence-corrected chi connectivity index (χ1v) is 10.9. The molecule has 1 aromatic carbocycles. The first-order valence-electron chi connectivity index (χ1n) is 10.9. The van der Waals surface area contributed by atoms with E-state index in [0.29, 0.717) is 41.3 Å². The smallest absolute Gasteiger partial charge is 0.290 e. The number of hydrogen-bond acceptors (Lipinski definition) is 7. The number of H-pyrrole nitrogens is 1. The van der Waals surface area contributed by atoms with Gasteiger partial charge in [0.2, 0.25) is 11.8 Å². The molecule has 0 unspecified atom stereocenters. The van der Waals surface area contributed by atoms with Crippen LogP contribution in [0.1, 0.15) is 18.9 Å². The molecule has 0 radical (unpaired) electrons. The minimum absolute atomic E-state index is 0.139. The van der Waals surface area contributed by atoms with Gasteiger partial charge in [-0.3, -0.25) is 14.3 Å². The van der Waals surface area contributed by atoms with Gasteiger partial charge in [0.05, 0.1) is 11.4 Å². The third-order valence-corrected chi connectivity index (χ3v) is 5.88. The number of amides is 1. The van der Waals surface area contributed by atoms with E-state index in [4.69, 9.17) is 15.6 Å². The minimum Gasteiger partial charge on any atom is -0.439 e. The number of carbonyl (C=O) groups excluding carboxylic acids is 1. The van der Waals surface area contributed by atoms with Crippen LogP contribution in [0, 0.1) is 0 Å². The number of pyridine rings is 1. The van der Waals surface area contributed by atoms with Crippen LogP contribution in [-0.2, 0) is 4.79 Å². The Bertz CT molecular complexity index is 1410. The third-order valence-electron chi connectivity index (χ3n) is 5.88. The van der Waals surface area contributed by atoms with Gasteiger partial charge in [0, 0.05) is 30.9 Å². The van der Waals surface area contributed by atoms with E-state index in [1.807, 2.05) is 24.3 Å². The van der Waals surface area contributed by atoms with Crippen molar-refractivity contribution in [3.8, 4) is 22.9 Å². The Morgan fingerprint density at radius 1 is 1.24 bits per heavy atom. The van der Waals surface area contributed by atoms with Gasteiger partial charge >= 0.3 is 0 Å². The number of carbonyl (C=O) groups is 1. The van der Waals surface area contributed by atoms with E-state index in [9.17, 15) is 9.59 Å². The second kappa shape index (κ2) is 8.81. The summed E-state index contributed by atoms with van der Waals surface area (Å²) in [6.07, 6.45) is 4.53. The van der Waals surface area contributed by atoms with Crippen molar-refractivity contribution in [1.82, 2.24) is 29.9 Å². The van der Waals surface area contributed by atoms with Crippen LogP contribution >= 0.6 is 0 Å². The Kier molecular flexibility index (Phi) is 5.54. The topological polar surface area (TPSA) is 132 Å². The number of rotatable bonds is 5. The van der Waals surface area contributed by atoms with Crippen molar-refractivity contribution in [3.05, 3.63) is 71.7 Å². The van der Waals surface area contributed by atoms with Gasteiger partial charge in [0.1, 0.15) is 17.0 Å². The molecule has 0 saturated carbocycles. The van der Waals surface area contributed by atoms with E-state index in [2.05, 4.69) is 21.8 Å². The molecule has 0 bridgehead atoms. The van der Waals surface area contributed by atoms with Gasteiger partial charge in [0.15, 0.2) is 5.82 Å². The van der Waals surface area contributed by atoms with Gasteiger partial charge in [-0.25, -0.2) is 10.1 Å². The summed E-state index contributed by atoms with van der Waals surface area (Å²) in [5.74, 6) is 1.14. The normalized spacial score (nSPS) is 15.9. The minimum atomic E-state index is -0.384. The molecule has 1 fully saturated rings.